The molecule has 0 aliphatic heterocycles. The van der Waals surface area contributed by atoms with Crippen LogP contribution in [0.5, 0.6) is 11.5 Å². The zero-order valence-corrected chi connectivity index (χ0v) is 15.7. The van der Waals surface area contributed by atoms with E-state index in [1.54, 1.807) is 14.2 Å². The van der Waals surface area contributed by atoms with Gasteiger partial charge in [0.25, 0.3) is 0 Å². The Morgan fingerprint density at radius 2 is 1.81 bits per heavy atom. The Morgan fingerprint density at radius 3 is 2.46 bits per heavy atom. The van der Waals surface area contributed by atoms with Crippen molar-refractivity contribution < 1.29 is 14.3 Å². The van der Waals surface area contributed by atoms with Gasteiger partial charge in [-0.25, -0.2) is 4.98 Å². The van der Waals surface area contributed by atoms with Crippen LogP contribution in [-0.2, 0) is 4.79 Å². The third-order valence-electron chi connectivity index (χ3n) is 4.10. The number of carbonyl (C=O) groups excluding carboxylic acids is 1. The van der Waals surface area contributed by atoms with Gasteiger partial charge in [-0.15, -0.1) is 0 Å². The van der Waals surface area contributed by atoms with Gasteiger partial charge in [-0.2, -0.15) is 0 Å². The summed E-state index contributed by atoms with van der Waals surface area (Å²) in [5, 5.41) is 3.03. The van der Waals surface area contributed by atoms with Gasteiger partial charge >= 0.3 is 0 Å². The van der Waals surface area contributed by atoms with Crippen molar-refractivity contribution in [1.82, 2.24) is 9.38 Å². The number of hydrogen-bond acceptors (Lipinski definition) is 4. The highest BCUT2D eigenvalue weighted by molar-refractivity contribution is 5.97. The van der Waals surface area contributed by atoms with E-state index in [4.69, 9.17) is 14.5 Å². The fourth-order valence-corrected chi connectivity index (χ4v) is 2.60. The Balaban J connectivity index is 2.17. The number of imidazole rings is 1. The van der Waals surface area contributed by atoms with Crippen LogP contribution in [-0.4, -0.2) is 29.5 Å². The molecule has 3 aromatic rings. The second kappa shape index (κ2) is 6.71. The molecule has 0 radical (unpaired) electrons. The molecule has 6 heteroatoms. The van der Waals surface area contributed by atoms with Crippen molar-refractivity contribution >= 4 is 17.4 Å². The Hall–Kier alpha value is -3.02. The maximum atomic E-state index is 12.6. The third kappa shape index (κ3) is 3.22. The zero-order chi connectivity index (χ0) is 18.9. The topological polar surface area (TPSA) is 64.9 Å². The van der Waals surface area contributed by atoms with Gasteiger partial charge in [-0.3, -0.25) is 9.20 Å². The first-order valence-electron chi connectivity index (χ1n) is 8.36. The van der Waals surface area contributed by atoms with Crippen LogP contribution in [0.15, 0.2) is 42.6 Å². The zero-order valence-electron chi connectivity index (χ0n) is 15.7. The lowest BCUT2D eigenvalue weighted by molar-refractivity contribution is -0.123. The molecule has 0 fully saturated rings. The van der Waals surface area contributed by atoms with Crippen molar-refractivity contribution in [3.05, 3.63) is 42.6 Å². The first-order valence-corrected chi connectivity index (χ1v) is 8.36. The Bertz CT molecular complexity index is 955. The molecule has 0 saturated heterocycles. The second-order valence-electron chi connectivity index (χ2n) is 7.01. The maximum absolute atomic E-state index is 12.6. The van der Waals surface area contributed by atoms with Gasteiger partial charge in [0.2, 0.25) is 5.91 Å². The van der Waals surface area contributed by atoms with Crippen LogP contribution in [0.2, 0.25) is 0 Å². The number of benzene rings is 1. The van der Waals surface area contributed by atoms with Gasteiger partial charge in [0.1, 0.15) is 17.2 Å². The third-order valence-corrected chi connectivity index (χ3v) is 4.10. The van der Waals surface area contributed by atoms with E-state index >= 15 is 0 Å². The number of methoxy groups -OCH3 is 2. The summed E-state index contributed by atoms with van der Waals surface area (Å²) in [5.41, 5.74) is 1.74. The number of rotatable bonds is 4. The molecular formula is C20H23N3O3. The Labute approximate surface area is 152 Å². The largest absolute Gasteiger partial charge is 0.493 e. The summed E-state index contributed by atoms with van der Waals surface area (Å²) in [6, 6.07) is 11.3. The molecule has 1 aromatic carbocycles. The lowest BCUT2D eigenvalue weighted by Crippen LogP contribution is -2.28. The number of aromatic nitrogens is 2. The van der Waals surface area contributed by atoms with Crippen molar-refractivity contribution in [3.63, 3.8) is 0 Å². The van der Waals surface area contributed by atoms with E-state index < -0.39 is 5.41 Å². The van der Waals surface area contributed by atoms with Crippen LogP contribution >= 0.6 is 0 Å². The van der Waals surface area contributed by atoms with Crippen LogP contribution in [0.1, 0.15) is 20.8 Å². The average Bonchev–Trinajstić information content (AvgIpc) is 2.99. The van der Waals surface area contributed by atoms with E-state index in [2.05, 4.69) is 5.32 Å². The molecule has 1 N–H and O–H groups in total. The van der Waals surface area contributed by atoms with Crippen LogP contribution in [0.25, 0.3) is 16.9 Å². The molecule has 0 spiro atoms. The van der Waals surface area contributed by atoms with E-state index in [1.165, 1.54) is 0 Å². The van der Waals surface area contributed by atoms with E-state index in [-0.39, 0.29) is 5.91 Å². The van der Waals surface area contributed by atoms with Gasteiger partial charge < -0.3 is 14.8 Å². The molecule has 3 rings (SSSR count). The number of hydrogen-bond donors (Lipinski definition) is 1. The molecule has 2 heterocycles. The highest BCUT2D eigenvalue weighted by Crippen LogP contribution is 2.36. The monoisotopic (exact) mass is 353 g/mol. The molecule has 0 aliphatic rings. The first-order chi connectivity index (χ1) is 12.3. The van der Waals surface area contributed by atoms with Gasteiger partial charge in [0.15, 0.2) is 11.5 Å². The minimum atomic E-state index is -0.520. The summed E-state index contributed by atoms with van der Waals surface area (Å²) >= 11 is 0. The normalized spacial score (nSPS) is 11.4. The smallest absolute Gasteiger partial charge is 0.230 e. The quantitative estimate of drug-likeness (QED) is 0.770. The molecule has 0 unspecified atom stereocenters. The van der Waals surface area contributed by atoms with Crippen LogP contribution in [0.3, 0.4) is 0 Å². The number of fused-ring (bicyclic) bond motifs is 1. The standard InChI is InChI=1S/C20H23N3O3/c1-20(2,3)19(24)22-18-17(21-16-8-6-7-11-23(16)18)13-9-10-14(25-4)15(12-13)26-5/h6-12H,1-5H3,(H,22,24). The minimum Gasteiger partial charge on any atom is -0.493 e. The number of amides is 1. The molecule has 0 saturated carbocycles. The van der Waals surface area contributed by atoms with Crippen LogP contribution in [0.4, 0.5) is 5.82 Å². The SMILES string of the molecule is COc1ccc(-c2nc3ccccn3c2NC(=O)C(C)(C)C)cc1OC. The molecule has 26 heavy (non-hydrogen) atoms. The molecule has 2 aromatic heterocycles. The Morgan fingerprint density at radius 1 is 1.08 bits per heavy atom. The van der Waals surface area contributed by atoms with E-state index in [0.29, 0.717) is 23.0 Å². The van der Waals surface area contributed by atoms with Crippen molar-refractivity contribution in [1.29, 1.82) is 0 Å². The number of nitrogens with zero attached hydrogens (tertiary/aromatic N) is 2. The summed E-state index contributed by atoms with van der Waals surface area (Å²) < 4.78 is 12.6. The fourth-order valence-electron chi connectivity index (χ4n) is 2.60. The molecule has 0 aliphatic carbocycles. The summed E-state index contributed by atoms with van der Waals surface area (Å²) in [6.45, 7) is 5.63. The van der Waals surface area contributed by atoms with Gasteiger partial charge in [0.05, 0.1) is 14.2 Å². The van der Waals surface area contributed by atoms with Crippen LogP contribution in [0, 0.1) is 5.41 Å². The minimum absolute atomic E-state index is 0.0788. The predicted molar refractivity (Wildman–Crippen MR) is 102 cm³/mol. The average molecular weight is 353 g/mol. The number of pyridine rings is 1. The Kier molecular flexibility index (Phi) is 4.59. The summed E-state index contributed by atoms with van der Waals surface area (Å²) in [6.07, 6.45) is 1.88. The highest BCUT2D eigenvalue weighted by Gasteiger charge is 2.25. The molecule has 136 valence electrons. The number of carbonyl (C=O) groups is 1. The second-order valence-corrected chi connectivity index (χ2v) is 7.01. The van der Waals surface area contributed by atoms with Crippen molar-refractivity contribution in [2.45, 2.75) is 20.8 Å². The molecular weight excluding hydrogens is 330 g/mol. The van der Waals surface area contributed by atoms with Crippen molar-refractivity contribution in [3.8, 4) is 22.8 Å². The van der Waals surface area contributed by atoms with Gasteiger partial charge in [-0.05, 0) is 30.3 Å². The predicted octanol–water partition coefficient (Wildman–Crippen LogP) is 4.00. The van der Waals surface area contributed by atoms with Crippen molar-refractivity contribution in [2.24, 2.45) is 5.41 Å². The lowest BCUT2D eigenvalue weighted by atomic mass is 9.95. The molecule has 1 amide bonds. The van der Waals surface area contributed by atoms with Gasteiger partial charge in [0, 0.05) is 17.2 Å². The molecule has 0 atom stereocenters. The first kappa shape index (κ1) is 17.8. The number of nitrogens with one attached hydrogen (secondary N) is 1. The summed E-state index contributed by atoms with van der Waals surface area (Å²) in [4.78, 5) is 17.3. The van der Waals surface area contributed by atoms with E-state index in [9.17, 15) is 4.79 Å². The summed E-state index contributed by atoms with van der Waals surface area (Å²) in [7, 11) is 3.19. The summed E-state index contributed by atoms with van der Waals surface area (Å²) in [5.74, 6) is 1.80. The highest BCUT2D eigenvalue weighted by atomic mass is 16.5. The molecule has 6 nitrogen and oxygen atoms in total. The fraction of sp³-hybridized carbons (Fsp3) is 0.300. The molecule has 0 bridgehead atoms. The van der Waals surface area contributed by atoms with E-state index in [0.717, 1.165) is 11.2 Å². The number of anilines is 1. The van der Waals surface area contributed by atoms with E-state index in [1.807, 2.05) is 67.8 Å². The maximum Gasteiger partial charge on any atom is 0.230 e. The van der Waals surface area contributed by atoms with Gasteiger partial charge in [-0.1, -0.05) is 26.8 Å². The van der Waals surface area contributed by atoms with Crippen molar-refractivity contribution in [2.75, 3.05) is 19.5 Å². The number of ether oxygens (including phenoxy) is 2. The lowest BCUT2D eigenvalue weighted by Gasteiger charge is -2.18. The van der Waals surface area contributed by atoms with Crippen LogP contribution < -0.4 is 14.8 Å².